The van der Waals surface area contributed by atoms with Crippen molar-refractivity contribution in [1.29, 1.82) is 0 Å². The van der Waals surface area contributed by atoms with Crippen LogP contribution in [-0.4, -0.2) is 29.6 Å². The predicted molar refractivity (Wildman–Crippen MR) is 89.2 cm³/mol. The number of methoxy groups -OCH3 is 1. The highest BCUT2D eigenvalue weighted by Gasteiger charge is 2.25. The first-order chi connectivity index (χ1) is 11.0. The standard InChI is InChI=1S/C17H19N3O3/c1-10(2)23-17-14(16(21)18-19-17)7-11-9-20(3)15-6-5-12(22-4)8-13(11)15/h5-10H,1-4H3,(H,18,21). The van der Waals surface area contributed by atoms with E-state index in [-0.39, 0.29) is 12.0 Å². The summed E-state index contributed by atoms with van der Waals surface area (Å²) in [5, 5.41) is 4.95. The fourth-order valence-electron chi connectivity index (χ4n) is 2.56. The lowest BCUT2D eigenvalue weighted by Crippen LogP contribution is -2.16. The quantitative estimate of drug-likeness (QED) is 0.885. The maximum absolute atomic E-state index is 12.0. The molecule has 1 aliphatic heterocycles. The summed E-state index contributed by atoms with van der Waals surface area (Å²) in [5.41, 5.74) is 4.84. The Hall–Kier alpha value is -2.76. The summed E-state index contributed by atoms with van der Waals surface area (Å²) in [6, 6.07) is 5.86. The van der Waals surface area contributed by atoms with Gasteiger partial charge in [-0.05, 0) is 38.1 Å². The third kappa shape index (κ3) is 2.79. The minimum Gasteiger partial charge on any atom is -0.497 e. The zero-order chi connectivity index (χ0) is 16.6. The van der Waals surface area contributed by atoms with E-state index in [2.05, 4.69) is 10.5 Å². The lowest BCUT2D eigenvalue weighted by atomic mass is 10.1. The van der Waals surface area contributed by atoms with Gasteiger partial charge in [-0.2, -0.15) is 0 Å². The number of amides is 1. The second-order valence-corrected chi connectivity index (χ2v) is 5.66. The number of carbonyl (C=O) groups excluding carboxylic acids is 1. The van der Waals surface area contributed by atoms with E-state index in [1.165, 1.54) is 0 Å². The molecule has 0 fully saturated rings. The summed E-state index contributed by atoms with van der Waals surface area (Å²) in [4.78, 5) is 12.0. The number of fused-ring (bicyclic) bond motifs is 1. The summed E-state index contributed by atoms with van der Waals surface area (Å²) in [5.74, 6) is 0.831. The van der Waals surface area contributed by atoms with Crippen LogP contribution in [-0.2, 0) is 16.6 Å². The molecule has 0 bridgehead atoms. The van der Waals surface area contributed by atoms with E-state index in [1.807, 2.05) is 49.9 Å². The molecule has 1 aromatic carbocycles. The summed E-state index contributed by atoms with van der Waals surface area (Å²) in [7, 11) is 3.60. The minimum atomic E-state index is -0.263. The Labute approximate surface area is 134 Å². The molecule has 0 atom stereocenters. The summed E-state index contributed by atoms with van der Waals surface area (Å²) < 4.78 is 12.9. The summed E-state index contributed by atoms with van der Waals surface area (Å²) in [6.45, 7) is 3.79. The number of hydrazone groups is 1. The molecule has 1 aliphatic rings. The van der Waals surface area contributed by atoms with Gasteiger partial charge in [0, 0.05) is 29.7 Å². The molecule has 1 aromatic heterocycles. The van der Waals surface area contributed by atoms with Crippen molar-refractivity contribution in [2.75, 3.05) is 7.11 Å². The molecule has 2 aromatic rings. The Morgan fingerprint density at radius 2 is 2.13 bits per heavy atom. The molecular formula is C17H19N3O3. The van der Waals surface area contributed by atoms with Crippen LogP contribution in [0.5, 0.6) is 5.75 Å². The minimum absolute atomic E-state index is 0.0579. The first-order valence-corrected chi connectivity index (χ1v) is 7.39. The van der Waals surface area contributed by atoms with Gasteiger partial charge in [0.1, 0.15) is 11.3 Å². The van der Waals surface area contributed by atoms with Gasteiger partial charge >= 0.3 is 0 Å². The Morgan fingerprint density at radius 3 is 2.83 bits per heavy atom. The lowest BCUT2D eigenvalue weighted by Gasteiger charge is -2.08. The van der Waals surface area contributed by atoms with Gasteiger partial charge in [0.05, 0.1) is 13.2 Å². The number of nitrogens with one attached hydrogen (secondary N) is 1. The van der Waals surface area contributed by atoms with E-state index in [1.54, 1.807) is 13.2 Å². The van der Waals surface area contributed by atoms with Crippen molar-refractivity contribution >= 4 is 28.8 Å². The molecule has 0 radical (unpaired) electrons. The molecule has 120 valence electrons. The molecule has 1 amide bonds. The van der Waals surface area contributed by atoms with E-state index < -0.39 is 0 Å². The highest BCUT2D eigenvalue weighted by Crippen LogP contribution is 2.27. The zero-order valence-corrected chi connectivity index (χ0v) is 13.6. The molecule has 6 heteroatoms. The summed E-state index contributed by atoms with van der Waals surface area (Å²) in [6.07, 6.45) is 3.71. The van der Waals surface area contributed by atoms with Gasteiger partial charge in [-0.25, -0.2) is 5.43 Å². The van der Waals surface area contributed by atoms with Gasteiger partial charge in [0.2, 0.25) is 5.90 Å². The van der Waals surface area contributed by atoms with Crippen molar-refractivity contribution in [3.05, 3.63) is 35.5 Å². The normalized spacial score (nSPS) is 16.1. The lowest BCUT2D eigenvalue weighted by molar-refractivity contribution is -0.116. The maximum Gasteiger partial charge on any atom is 0.277 e. The van der Waals surface area contributed by atoms with Crippen molar-refractivity contribution in [2.45, 2.75) is 20.0 Å². The van der Waals surface area contributed by atoms with Crippen LogP contribution in [0.25, 0.3) is 17.0 Å². The number of ether oxygens (including phenoxy) is 2. The van der Waals surface area contributed by atoms with Crippen LogP contribution in [0.15, 0.2) is 35.1 Å². The molecule has 23 heavy (non-hydrogen) atoms. The number of hydrogen-bond donors (Lipinski definition) is 1. The Bertz CT molecular complexity index is 831. The number of hydrogen-bond acceptors (Lipinski definition) is 4. The SMILES string of the molecule is COc1ccc2c(c1)c(C=C1C(=O)NN=C1OC(C)C)cn2C. The van der Waals surface area contributed by atoms with Crippen molar-refractivity contribution in [2.24, 2.45) is 12.1 Å². The number of rotatable bonds is 3. The van der Waals surface area contributed by atoms with Gasteiger partial charge < -0.3 is 14.0 Å². The second-order valence-electron chi connectivity index (χ2n) is 5.66. The molecule has 1 N–H and O–H groups in total. The molecule has 2 heterocycles. The highest BCUT2D eigenvalue weighted by molar-refractivity contribution is 6.25. The maximum atomic E-state index is 12.0. The van der Waals surface area contributed by atoms with E-state index >= 15 is 0 Å². The van der Waals surface area contributed by atoms with Crippen LogP contribution in [0.4, 0.5) is 0 Å². The predicted octanol–water partition coefficient (Wildman–Crippen LogP) is 2.44. The van der Waals surface area contributed by atoms with Crippen molar-refractivity contribution in [1.82, 2.24) is 9.99 Å². The molecule has 0 saturated heterocycles. The average molecular weight is 313 g/mol. The Morgan fingerprint density at radius 1 is 1.35 bits per heavy atom. The molecule has 0 unspecified atom stereocenters. The third-order valence-corrected chi connectivity index (χ3v) is 3.61. The fourth-order valence-corrected chi connectivity index (χ4v) is 2.56. The van der Waals surface area contributed by atoms with Crippen molar-refractivity contribution in [3.8, 4) is 5.75 Å². The molecular weight excluding hydrogens is 294 g/mol. The van der Waals surface area contributed by atoms with Crippen LogP contribution in [0.3, 0.4) is 0 Å². The van der Waals surface area contributed by atoms with Gasteiger partial charge in [0.15, 0.2) is 0 Å². The topological polar surface area (TPSA) is 64.8 Å². The van der Waals surface area contributed by atoms with Crippen LogP contribution >= 0.6 is 0 Å². The Kier molecular flexibility index (Phi) is 3.82. The largest absolute Gasteiger partial charge is 0.497 e. The van der Waals surface area contributed by atoms with E-state index in [0.29, 0.717) is 11.5 Å². The number of aromatic nitrogens is 1. The molecule has 0 aliphatic carbocycles. The van der Waals surface area contributed by atoms with Crippen LogP contribution in [0.2, 0.25) is 0 Å². The number of carbonyl (C=O) groups is 1. The summed E-state index contributed by atoms with van der Waals surface area (Å²) >= 11 is 0. The second kappa shape index (κ2) is 5.79. The Balaban J connectivity index is 2.09. The van der Waals surface area contributed by atoms with E-state index in [9.17, 15) is 4.79 Å². The van der Waals surface area contributed by atoms with Crippen LogP contribution < -0.4 is 10.2 Å². The number of benzene rings is 1. The van der Waals surface area contributed by atoms with Gasteiger partial charge in [-0.3, -0.25) is 4.79 Å². The monoisotopic (exact) mass is 313 g/mol. The first kappa shape index (κ1) is 15.1. The smallest absolute Gasteiger partial charge is 0.277 e. The molecule has 6 nitrogen and oxygen atoms in total. The fraction of sp³-hybridized carbons (Fsp3) is 0.294. The van der Waals surface area contributed by atoms with Crippen LogP contribution in [0.1, 0.15) is 19.4 Å². The molecule has 0 saturated carbocycles. The average Bonchev–Trinajstić information content (AvgIpc) is 3.01. The van der Waals surface area contributed by atoms with Crippen LogP contribution in [0, 0.1) is 0 Å². The van der Waals surface area contributed by atoms with E-state index in [0.717, 1.165) is 22.2 Å². The first-order valence-electron chi connectivity index (χ1n) is 7.39. The molecule has 3 rings (SSSR count). The number of nitrogens with zero attached hydrogens (tertiary/aromatic N) is 2. The van der Waals surface area contributed by atoms with Gasteiger partial charge in [-0.15, -0.1) is 5.10 Å². The number of aryl methyl sites for hydroxylation is 1. The highest BCUT2D eigenvalue weighted by atomic mass is 16.5. The van der Waals surface area contributed by atoms with Crippen molar-refractivity contribution in [3.63, 3.8) is 0 Å². The molecule has 0 spiro atoms. The van der Waals surface area contributed by atoms with E-state index in [4.69, 9.17) is 9.47 Å². The third-order valence-electron chi connectivity index (χ3n) is 3.61. The van der Waals surface area contributed by atoms with Gasteiger partial charge in [0.25, 0.3) is 5.91 Å². The zero-order valence-electron chi connectivity index (χ0n) is 13.6. The van der Waals surface area contributed by atoms with Gasteiger partial charge in [-0.1, -0.05) is 0 Å². The van der Waals surface area contributed by atoms with Crippen molar-refractivity contribution < 1.29 is 14.3 Å².